The molecule has 0 aromatic carbocycles. The van der Waals surface area contributed by atoms with Crippen LogP contribution >= 0.6 is 0 Å². The number of nitrogens with two attached hydrogens (primary N) is 1. The SMILES string of the molecule is CC(C)[C@H](NC(=O)[C@@H](NC(=O)[C@@H](N)[C@@H](C)O)[C@@H](C)O)C(=O)NCC(=O)N[C@@H](Cc1cnc[nH]1)C(=O)N[C@@H](CO)C(=O)N[C@@H](CC(=O)O)C(=O)O. The van der Waals surface area contributed by atoms with Crippen molar-refractivity contribution in [3.8, 4) is 0 Å². The molecule has 1 aromatic heterocycles. The average molecular weight is 716 g/mol. The van der Waals surface area contributed by atoms with Gasteiger partial charge in [-0.2, -0.15) is 0 Å². The number of aliphatic carboxylic acids is 2. The first kappa shape index (κ1) is 42.8. The largest absolute Gasteiger partial charge is 0.481 e. The number of nitrogens with one attached hydrogen (secondary N) is 7. The first-order chi connectivity index (χ1) is 23.3. The second-order valence-corrected chi connectivity index (χ2v) is 11.6. The lowest BCUT2D eigenvalue weighted by Crippen LogP contribution is -2.61. The van der Waals surface area contributed by atoms with Crippen molar-refractivity contribution in [2.24, 2.45) is 11.7 Å². The molecule has 8 atom stereocenters. The van der Waals surface area contributed by atoms with Gasteiger partial charge in [-0.1, -0.05) is 13.8 Å². The third kappa shape index (κ3) is 14.1. The van der Waals surface area contributed by atoms with E-state index >= 15 is 0 Å². The fraction of sp³-hybridized carbons (Fsp3) is 0.607. The number of aromatic nitrogens is 2. The zero-order chi connectivity index (χ0) is 38.3. The van der Waals surface area contributed by atoms with Gasteiger partial charge in [-0.15, -0.1) is 0 Å². The van der Waals surface area contributed by atoms with Gasteiger partial charge in [-0.05, 0) is 19.8 Å². The van der Waals surface area contributed by atoms with E-state index in [9.17, 15) is 58.8 Å². The summed E-state index contributed by atoms with van der Waals surface area (Å²) in [4.78, 5) is 106. The van der Waals surface area contributed by atoms with Gasteiger partial charge in [0.25, 0.3) is 0 Å². The van der Waals surface area contributed by atoms with E-state index in [0.29, 0.717) is 5.69 Å². The van der Waals surface area contributed by atoms with E-state index < -0.39 is 121 Å². The lowest BCUT2D eigenvalue weighted by atomic mass is 10.0. The Hall–Kier alpha value is -5.19. The molecule has 0 spiro atoms. The summed E-state index contributed by atoms with van der Waals surface area (Å²) >= 11 is 0. The lowest BCUT2D eigenvalue weighted by molar-refractivity contribution is -0.147. The van der Waals surface area contributed by atoms with Crippen molar-refractivity contribution in [2.75, 3.05) is 13.2 Å². The molecule has 0 saturated heterocycles. The number of rotatable bonds is 21. The van der Waals surface area contributed by atoms with Crippen LogP contribution in [0.4, 0.5) is 0 Å². The van der Waals surface area contributed by atoms with Crippen LogP contribution in [0.2, 0.25) is 0 Å². The van der Waals surface area contributed by atoms with Crippen molar-refractivity contribution >= 4 is 47.4 Å². The number of nitrogens with zero attached hydrogens (tertiary/aromatic N) is 1. The summed E-state index contributed by atoms with van der Waals surface area (Å²) in [7, 11) is 0. The highest BCUT2D eigenvalue weighted by Gasteiger charge is 2.34. The Morgan fingerprint density at radius 3 is 1.82 bits per heavy atom. The minimum atomic E-state index is -1.88. The summed E-state index contributed by atoms with van der Waals surface area (Å²) in [5.74, 6) is -9.75. The molecule has 0 radical (unpaired) electrons. The molecule has 0 saturated carbocycles. The molecule has 0 fully saturated rings. The lowest BCUT2D eigenvalue weighted by Gasteiger charge is -2.27. The summed E-state index contributed by atoms with van der Waals surface area (Å²) in [6.07, 6.45) is -1.34. The van der Waals surface area contributed by atoms with E-state index in [1.807, 2.05) is 5.32 Å². The van der Waals surface area contributed by atoms with Gasteiger partial charge in [0.05, 0.1) is 38.1 Å². The van der Waals surface area contributed by atoms with E-state index in [1.165, 1.54) is 26.4 Å². The minimum absolute atomic E-state index is 0.238. The molecule has 0 aliphatic heterocycles. The number of amides is 6. The number of carbonyl (C=O) groups excluding carboxylic acids is 6. The molecule has 6 amide bonds. The number of aromatic amines is 1. The highest BCUT2D eigenvalue weighted by atomic mass is 16.4. The molecule has 22 heteroatoms. The monoisotopic (exact) mass is 715 g/mol. The number of hydrogen-bond donors (Lipinski definition) is 13. The van der Waals surface area contributed by atoms with Gasteiger partial charge in [0, 0.05) is 18.3 Å². The number of carboxylic acid groups (broad SMARTS) is 2. The summed E-state index contributed by atoms with van der Waals surface area (Å²) in [6.45, 7) is 3.80. The van der Waals surface area contributed by atoms with Crippen LogP contribution in [0.25, 0.3) is 0 Å². The predicted octanol–water partition coefficient (Wildman–Crippen LogP) is -6.21. The molecule has 0 unspecified atom stereocenters. The van der Waals surface area contributed by atoms with Gasteiger partial charge in [0.15, 0.2) is 0 Å². The molecule has 0 aliphatic rings. The van der Waals surface area contributed by atoms with Gasteiger partial charge in [-0.25, -0.2) is 9.78 Å². The van der Waals surface area contributed by atoms with Crippen molar-refractivity contribution in [1.29, 1.82) is 0 Å². The minimum Gasteiger partial charge on any atom is -0.481 e. The zero-order valence-electron chi connectivity index (χ0n) is 27.7. The van der Waals surface area contributed by atoms with Crippen LogP contribution < -0.4 is 37.6 Å². The van der Waals surface area contributed by atoms with Crippen LogP contribution in [0.5, 0.6) is 0 Å². The molecule has 50 heavy (non-hydrogen) atoms. The quantitative estimate of drug-likeness (QED) is 0.0563. The van der Waals surface area contributed by atoms with Crippen LogP contribution in [0.15, 0.2) is 12.5 Å². The van der Waals surface area contributed by atoms with Crippen molar-refractivity contribution in [1.82, 2.24) is 41.9 Å². The highest BCUT2D eigenvalue weighted by molar-refractivity contribution is 5.96. The number of carbonyl (C=O) groups is 8. The van der Waals surface area contributed by atoms with Crippen molar-refractivity contribution in [3.63, 3.8) is 0 Å². The first-order valence-electron chi connectivity index (χ1n) is 15.2. The van der Waals surface area contributed by atoms with E-state index in [-0.39, 0.29) is 6.42 Å². The predicted molar refractivity (Wildman–Crippen MR) is 168 cm³/mol. The van der Waals surface area contributed by atoms with Crippen LogP contribution in [-0.4, -0.2) is 144 Å². The normalized spacial score (nSPS) is 15.9. The van der Waals surface area contributed by atoms with Crippen LogP contribution in [0, 0.1) is 5.92 Å². The van der Waals surface area contributed by atoms with Gasteiger partial charge >= 0.3 is 11.9 Å². The molecule has 1 rings (SSSR count). The van der Waals surface area contributed by atoms with Gasteiger partial charge in [0.2, 0.25) is 35.4 Å². The fourth-order valence-electron chi connectivity index (χ4n) is 4.11. The molecular weight excluding hydrogens is 670 g/mol. The Labute approximate surface area is 285 Å². The number of aliphatic hydroxyl groups excluding tert-OH is 3. The third-order valence-corrected chi connectivity index (χ3v) is 6.99. The van der Waals surface area contributed by atoms with Crippen molar-refractivity contribution < 1.29 is 63.9 Å². The number of aliphatic hydroxyl groups is 3. The highest BCUT2D eigenvalue weighted by Crippen LogP contribution is 2.05. The molecule has 1 aromatic rings. The Morgan fingerprint density at radius 2 is 1.34 bits per heavy atom. The zero-order valence-corrected chi connectivity index (χ0v) is 27.7. The molecule has 0 aliphatic carbocycles. The summed E-state index contributed by atoms with van der Waals surface area (Å²) in [5, 5.41) is 60.7. The number of carboxylic acids is 2. The van der Waals surface area contributed by atoms with Gasteiger partial charge in [-0.3, -0.25) is 33.6 Å². The molecular formula is C28H45N9O13. The summed E-state index contributed by atoms with van der Waals surface area (Å²) in [6, 6.07) is -9.36. The summed E-state index contributed by atoms with van der Waals surface area (Å²) < 4.78 is 0. The molecule has 1 heterocycles. The summed E-state index contributed by atoms with van der Waals surface area (Å²) in [5.41, 5.74) is 5.91. The maximum absolute atomic E-state index is 13.1. The Balaban J connectivity index is 3.00. The third-order valence-electron chi connectivity index (χ3n) is 6.99. The van der Waals surface area contributed by atoms with Crippen LogP contribution in [-0.2, 0) is 44.8 Å². The maximum atomic E-state index is 13.1. The smallest absolute Gasteiger partial charge is 0.326 e. The fourth-order valence-corrected chi connectivity index (χ4v) is 4.11. The Morgan fingerprint density at radius 1 is 0.760 bits per heavy atom. The Kier molecular flexibility index (Phi) is 17.4. The van der Waals surface area contributed by atoms with Crippen molar-refractivity contribution in [2.45, 2.75) is 89.0 Å². The number of imidazole rings is 1. The van der Waals surface area contributed by atoms with Crippen LogP contribution in [0.3, 0.4) is 0 Å². The van der Waals surface area contributed by atoms with E-state index in [2.05, 4.69) is 36.6 Å². The molecule has 280 valence electrons. The number of H-pyrrole nitrogens is 1. The molecule has 22 nitrogen and oxygen atoms in total. The molecule has 14 N–H and O–H groups in total. The van der Waals surface area contributed by atoms with Crippen LogP contribution in [0.1, 0.15) is 39.8 Å². The van der Waals surface area contributed by atoms with Gasteiger partial charge in [0.1, 0.15) is 36.3 Å². The second-order valence-electron chi connectivity index (χ2n) is 11.6. The number of hydrogen-bond acceptors (Lipinski definition) is 13. The standard InChI is InChI=1S/C28H45N9O13/c1-11(2)21(36-27(48)22(13(4)40)37-25(46)20(29)12(3)39)26(47)31-8-18(41)33-15(5-14-7-30-10-32-14)23(44)35-17(9-38)24(45)34-16(28(49)50)6-19(42)43/h7,10-13,15-17,20-22,38-40H,5-6,8-9,29H2,1-4H3,(H,30,32)(H,31,47)(H,33,41)(H,34,45)(H,35,44)(H,36,48)(H,37,46)(H,42,43)(H,49,50)/t12-,13-,15+,16+,17+,20+,21+,22+/m1/s1. The second kappa shape index (κ2) is 20.4. The first-order valence-corrected chi connectivity index (χ1v) is 15.2. The van der Waals surface area contributed by atoms with E-state index in [0.717, 1.165) is 0 Å². The van der Waals surface area contributed by atoms with Crippen molar-refractivity contribution in [3.05, 3.63) is 18.2 Å². The molecule has 0 bridgehead atoms. The Bertz CT molecular complexity index is 1350. The average Bonchev–Trinajstić information content (AvgIpc) is 3.54. The van der Waals surface area contributed by atoms with E-state index in [1.54, 1.807) is 13.8 Å². The van der Waals surface area contributed by atoms with Gasteiger partial charge < -0.3 is 68.2 Å². The van der Waals surface area contributed by atoms with E-state index in [4.69, 9.17) is 10.8 Å². The topological polar surface area (TPSA) is 365 Å². The maximum Gasteiger partial charge on any atom is 0.326 e.